The number of benzene rings is 2. The SMILES string of the molecule is c1ccc(CN2CCN(C3=Nc4ccccc4Nc4ccsc43)CC2)cc1. The van der Waals surface area contributed by atoms with Crippen LogP contribution < -0.4 is 5.32 Å². The number of anilines is 2. The van der Waals surface area contributed by atoms with Gasteiger partial charge < -0.3 is 10.2 Å². The van der Waals surface area contributed by atoms with Crippen LogP contribution in [0.5, 0.6) is 0 Å². The maximum absolute atomic E-state index is 5.06. The lowest BCUT2D eigenvalue weighted by Gasteiger charge is -2.36. The number of fused-ring (bicyclic) bond motifs is 2. The zero-order chi connectivity index (χ0) is 18.1. The number of aliphatic imine (C=N–C) groups is 1. The van der Waals surface area contributed by atoms with Crippen molar-refractivity contribution in [2.24, 2.45) is 4.99 Å². The monoisotopic (exact) mass is 374 g/mol. The van der Waals surface area contributed by atoms with Crippen molar-refractivity contribution in [2.75, 3.05) is 31.5 Å². The Balaban J connectivity index is 1.37. The van der Waals surface area contributed by atoms with Crippen LogP contribution in [0.1, 0.15) is 10.4 Å². The Hall–Kier alpha value is -2.63. The summed E-state index contributed by atoms with van der Waals surface area (Å²) >= 11 is 1.77. The number of piperazine rings is 1. The Morgan fingerprint density at radius 2 is 1.63 bits per heavy atom. The first-order valence-corrected chi connectivity index (χ1v) is 10.3. The molecule has 2 aliphatic rings. The van der Waals surface area contributed by atoms with Gasteiger partial charge in [-0.15, -0.1) is 11.3 Å². The minimum atomic E-state index is 1.01. The van der Waals surface area contributed by atoms with Gasteiger partial charge in [-0.3, -0.25) is 4.90 Å². The van der Waals surface area contributed by atoms with E-state index in [0.717, 1.165) is 55.6 Å². The van der Waals surface area contributed by atoms with Crippen molar-refractivity contribution < 1.29 is 0 Å². The molecule has 2 aromatic carbocycles. The molecule has 5 heteroatoms. The van der Waals surface area contributed by atoms with E-state index >= 15 is 0 Å². The van der Waals surface area contributed by atoms with Crippen LogP contribution in [0.25, 0.3) is 0 Å². The van der Waals surface area contributed by atoms with E-state index in [-0.39, 0.29) is 0 Å². The van der Waals surface area contributed by atoms with Crippen LogP contribution in [-0.4, -0.2) is 41.8 Å². The van der Waals surface area contributed by atoms with E-state index in [4.69, 9.17) is 4.99 Å². The molecule has 1 saturated heterocycles. The van der Waals surface area contributed by atoms with Crippen LogP contribution in [0.4, 0.5) is 17.1 Å². The molecular weight excluding hydrogens is 352 g/mol. The zero-order valence-corrected chi connectivity index (χ0v) is 16.0. The number of rotatable bonds is 2. The second-order valence-electron chi connectivity index (χ2n) is 6.99. The van der Waals surface area contributed by atoms with E-state index in [1.54, 1.807) is 11.3 Å². The van der Waals surface area contributed by atoms with Gasteiger partial charge in [0, 0.05) is 32.7 Å². The summed E-state index contributed by atoms with van der Waals surface area (Å²) in [4.78, 5) is 11.3. The Morgan fingerprint density at radius 1 is 0.852 bits per heavy atom. The van der Waals surface area contributed by atoms with E-state index in [9.17, 15) is 0 Å². The molecule has 0 amide bonds. The summed E-state index contributed by atoms with van der Waals surface area (Å²) < 4.78 is 0. The molecule has 5 rings (SSSR count). The minimum Gasteiger partial charge on any atom is -0.353 e. The summed E-state index contributed by atoms with van der Waals surface area (Å²) in [6.07, 6.45) is 0. The molecule has 136 valence electrons. The van der Waals surface area contributed by atoms with Gasteiger partial charge in [0.25, 0.3) is 0 Å². The van der Waals surface area contributed by atoms with E-state index in [0.29, 0.717) is 0 Å². The fraction of sp³-hybridized carbons (Fsp3) is 0.227. The molecule has 3 heterocycles. The van der Waals surface area contributed by atoms with Crippen LogP contribution in [0, 0.1) is 0 Å². The van der Waals surface area contributed by atoms with Gasteiger partial charge in [-0.25, -0.2) is 4.99 Å². The van der Waals surface area contributed by atoms with Crippen LogP contribution in [0.3, 0.4) is 0 Å². The van der Waals surface area contributed by atoms with Crippen molar-refractivity contribution >= 4 is 34.2 Å². The van der Waals surface area contributed by atoms with Gasteiger partial charge in [-0.05, 0) is 29.1 Å². The van der Waals surface area contributed by atoms with Gasteiger partial charge in [0.05, 0.1) is 21.9 Å². The highest BCUT2D eigenvalue weighted by molar-refractivity contribution is 7.12. The molecule has 3 aromatic rings. The third kappa shape index (κ3) is 3.36. The molecule has 0 atom stereocenters. The van der Waals surface area contributed by atoms with Crippen molar-refractivity contribution in [3.05, 3.63) is 76.5 Å². The molecule has 1 fully saturated rings. The second kappa shape index (κ2) is 7.18. The summed E-state index contributed by atoms with van der Waals surface area (Å²) in [5.74, 6) is 1.11. The van der Waals surface area contributed by atoms with Gasteiger partial charge in [0.1, 0.15) is 5.84 Å². The van der Waals surface area contributed by atoms with Crippen molar-refractivity contribution in [3.63, 3.8) is 0 Å². The summed E-state index contributed by atoms with van der Waals surface area (Å²) in [7, 11) is 0. The van der Waals surface area contributed by atoms with E-state index in [1.165, 1.54) is 10.4 Å². The first kappa shape index (κ1) is 16.5. The van der Waals surface area contributed by atoms with E-state index < -0.39 is 0 Å². The van der Waals surface area contributed by atoms with Crippen LogP contribution in [0.15, 0.2) is 71.0 Å². The van der Waals surface area contributed by atoms with Crippen molar-refractivity contribution in [3.8, 4) is 0 Å². The Morgan fingerprint density at radius 3 is 2.48 bits per heavy atom. The molecular formula is C22H22N4S. The van der Waals surface area contributed by atoms with E-state index in [1.807, 2.05) is 0 Å². The summed E-state index contributed by atoms with van der Waals surface area (Å²) in [6, 6.07) is 21.2. The predicted molar refractivity (Wildman–Crippen MR) is 114 cm³/mol. The topological polar surface area (TPSA) is 30.9 Å². The lowest BCUT2D eigenvalue weighted by molar-refractivity contribution is 0.176. The molecule has 0 spiro atoms. The normalized spacial score (nSPS) is 16.7. The largest absolute Gasteiger partial charge is 0.353 e. The number of hydrogen-bond donors (Lipinski definition) is 1. The fourth-order valence-corrected chi connectivity index (χ4v) is 4.61. The average Bonchev–Trinajstić information content (AvgIpc) is 3.10. The maximum Gasteiger partial charge on any atom is 0.148 e. The molecule has 0 bridgehead atoms. The van der Waals surface area contributed by atoms with Gasteiger partial charge in [-0.1, -0.05) is 42.5 Å². The van der Waals surface area contributed by atoms with Gasteiger partial charge in [0.15, 0.2) is 0 Å². The third-order valence-corrected chi connectivity index (χ3v) is 6.10. The van der Waals surface area contributed by atoms with Crippen LogP contribution >= 0.6 is 11.3 Å². The van der Waals surface area contributed by atoms with Gasteiger partial charge in [-0.2, -0.15) is 0 Å². The van der Waals surface area contributed by atoms with Gasteiger partial charge in [0.2, 0.25) is 0 Å². The van der Waals surface area contributed by atoms with Gasteiger partial charge >= 0.3 is 0 Å². The summed E-state index contributed by atoms with van der Waals surface area (Å²) in [5, 5.41) is 5.70. The Kier molecular flexibility index (Phi) is 4.40. The highest BCUT2D eigenvalue weighted by atomic mass is 32.1. The smallest absolute Gasteiger partial charge is 0.148 e. The van der Waals surface area contributed by atoms with E-state index in [2.05, 4.69) is 81.2 Å². The molecule has 0 aliphatic carbocycles. The standard InChI is InChI=1S/C22H22N4S/c1-2-6-17(7-3-1)16-25-11-13-26(14-12-25)22-21-20(10-15-27-21)23-18-8-4-5-9-19(18)24-22/h1-10,15,23H,11-14,16H2. The highest BCUT2D eigenvalue weighted by Crippen LogP contribution is 2.37. The third-order valence-electron chi connectivity index (χ3n) is 5.19. The van der Waals surface area contributed by atoms with Crippen LogP contribution in [-0.2, 0) is 6.54 Å². The lowest BCUT2D eigenvalue weighted by atomic mass is 10.2. The fourth-order valence-electron chi connectivity index (χ4n) is 3.74. The zero-order valence-electron chi connectivity index (χ0n) is 15.1. The number of nitrogens with one attached hydrogen (secondary N) is 1. The second-order valence-corrected chi connectivity index (χ2v) is 7.91. The molecule has 27 heavy (non-hydrogen) atoms. The number of hydrogen-bond acceptors (Lipinski definition) is 5. The molecule has 0 unspecified atom stereocenters. The van der Waals surface area contributed by atoms with Crippen molar-refractivity contribution in [2.45, 2.75) is 6.54 Å². The maximum atomic E-state index is 5.06. The number of amidine groups is 1. The molecule has 4 nitrogen and oxygen atoms in total. The summed E-state index contributed by atoms with van der Waals surface area (Å²) in [6.45, 7) is 5.15. The van der Waals surface area contributed by atoms with Crippen molar-refractivity contribution in [1.29, 1.82) is 0 Å². The van der Waals surface area contributed by atoms with Crippen LogP contribution in [0.2, 0.25) is 0 Å². The Bertz CT molecular complexity index is 955. The quantitative estimate of drug-likeness (QED) is 0.705. The van der Waals surface area contributed by atoms with Crippen molar-refractivity contribution in [1.82, 2.24) is 9.80 Å². The average molecular weight is 375 g/mol. The first-order chi connectivity index (χ1) is 13.4. The molecule has 0 saturated carbocycles. The lowest BCUT2D eigenvalue weighted by Crippen LogP contribution is -2.48. The predicted octanol–water partition coefficient (Wildman–Crippen LogP) is 4.70. The molecule has 0 radical (unpaired) electrons. The molecule has 2 aliphatic heterocycles. The molecule has 1 aromatic heterocycles. The molecule has 1 N–H and O–H groups in total. The highest BCUT2D eigenvalue weighted by Gasteiger charge is 2.25. The Labute approximate surface area is 163 Å². The number of para-hydroxylation sites is 2. The first-order valence-electron chi connectivity index (χ1n) is 9.41. The minimum absolute atomic E-state index is 1.01. The number of nitrogens with zero attached hydrogens (tertiary/aromatic N) is 3. The number of thiophene rings is 1. The summed E-state index contributed by atoms with van der Waals surface area (Å²) in [5.41, 5.74) is 4.64.